The molecular weight excluding hydrogens is 407 g/mol. The van der Waals surface area contributed by atoms with Gasteiger partial charge in [-0.3, -0.25) is 4.79 Å². The molecule has 1 amide bonds. The van der Waals surface area contributed by atoms with Crippen LogP contribution in [0.4, 0.5) is 10.1 Å². The van der Waals surface area contributed by atoms with Gasteiger partial charge >= 0.3 is 6.01 Å². The molecule has 0 aliphatic heterocycles. The lowest BCUT2D eigenvalue weighted by Crippen LogP contribution is -2.11. The molecule has 0 fully saturated rings. The van der Waals surface area contributed by atoms with Gasteiger partial charge in [0.1, 0.15) is 5.82 Å². The van der Waals surface area contributed by atoms with Gasteiger partial charge in [-0.2, -0.15) is 4.98 Å². The third-order valence-electron chi connectivity index (χ3n) is 4.65. The van der Waals surface area contributed by atoms with Crippen molar-refractivity contribution in [1.82, 2.24) is 14.8 Å². The van der Waals surface area contributed by atoms with E-state index in [1.807, 2.05) is 32.0 Å². The number of anilines is 1. The Bertz CT molecular complexity index is 1200. The van der Waals surface area contributed by atoms with E-state index >= 15 is 0 Å². The summed E-state index contributed by atoms with van der Waals surface area (Å²) in [7, 11) is 0. The number of rotatable bonds is 7. The van der Waals surface area contributed by atoms with Gasteiger partial charge in [-0.15, -0.1) is 5.10 Å². The minimum absolute atomic E-state index is 0.179. The highest BCUT2D eigenvalue weighted by Crippen LogP contribution is 2.26. The van der Waals surface area contributed by atoms with Crippen LogP contribution >= 0.6 is 0 Å². The average molecular weight is 430 g/mol. The summed E-state index contributed by atoms with van der Waals surface area (Å²) in [6.07, 6.45) is 0. The van der Waals surface area contributed by atoms with Crippen molar-refractivity contribution in [1.29, 1.82) is 0 Å². The smallest absolute Gasteiger partial charge is 0.336 e. The number of ether oxygens (including phenoxy) is 1. The average Bonchev–Trinajstić information content (AvgIpc) is 3.23. The van der Waals surface area contributed by atoms with Crippen molar-refractivity contribution in [3.8, 4) is 23.1 Å². The molecule has 0 saturated heterocycles. The molecule has 0 radical (unpaired) electrons. The Morgan fingerprint density at radius 1 is 1.00 bits per heavy atom. The zero-order valence-corrected chi connectivity index (χ0v) is 17.8. The molecule has 1 heterocycles. The molecule has 0 saturated carbocycles. The Morgan fingerprint density at radius 3 is 2.38 bits per heavy atom. The molecule has 0 aliphatic carbocycles. The topological polar surface area (TPSA) is 69.0 Å². The maximum Gasteiger partial charge on any atom is 0.336 e. The predicted molar refractivity (Wildman–Crippen MR) is 121 cm³/mol. The number of carbonyl (C=O) groups is 1. The van der Waals surface area contributed by atoms with E-state index in [1.54, 1.807) is 54.6 Å². The molecule has 0 atom stereocenters. The van der Waals surface area contributed by atoms with Gasteiger partial charge in [-0.05, 0) is 54.4 Å². The SMILES string of the molecule is CC(C)COc1nc(-c2ccccc2F)n(-c2ccc(NC(=O)c3ccccc3)cc2)n1. The van der Waals surface area contributed by atoms with Crippen LogP contribution in [0, 0.1) is 11.7 Å². The molecule has 1 N–H and O–H groups in total. The fourth-order valence-electron chi connectivity index (χ4n) is 3.07. The first kappa shape index (κ1) is 21.2. The van der Waals surface area contributed by atoms with Gasteiger partial charge in [-0.25, -0.2) is 9.07 Å². The van der Waals surface area contributed by atoms with Crippen molar-refractivity contribution < 1.29 is 13.9 Å². The predicted octanol–water partition coefficient (Wildman–Crippen LogP) is 5.36. The first-order valence-corrected chi connectivity index (χ1v) is 10.3. The van der Waals surface area contributed by atoms with Crippen molar-refractivity contribution in [2.75, 3.05) is 11.9 Å². The van der Waals surface area contributed by atoms with Crippen LogP contribution in [0.25, 0.3) is 17.1 Å². The highest BCUT2D eigenvalue weighted by molar-refractivity contribution is 6.04. The molecule has 1 aromatic heterocycles. The van der Waals surface area contributed by atoms with Crippen molar-refractivity contribution in [2.45, 2.75) is 13.8 Å². The van der Waals surface area contributed by atoms with Crippen LogP contribution in [0.15, 0.2) is 78.9 Å². The Morgan fingerprint density at radius 2 is 1.69 bits per heavy atom. The molecule has 32 heavy (non-hydrogen) atoms. The van der Waals surface area contributed by atoms with E-state index in [2.05, 4.69) is 15.4 Å². The summed E-state index contributed by atoms with van der Waals surface area (Å²) in [6.45, 7) is 4.50. The number of hydrogen-bond donors (Lipinski definition) is 1. The van der Waals surface area contributed by atoms with E-state index in [1.165, 1.54) is 10.7 Å². The second kappa shape index (κ2) is 9.43. The third-order valence-corrected chi connectivity index (χ3v) is 4.65. The fourth-order valence-corrected chi connectivity index (χ4v) is 3.07. The van der Waals surface area contributed by atoms with Crippen LogP contribution in [0.3, 0.4) is 0 Å². The van der Waals surface area contributed by atoms with Crippen molar-refractivity contribution >= 4 is 11.6 Å². The van der Waals surface area contributed by atoms with E-state index in [9.17, 15) is 9.18 Å². The second-order valence-corrected chi connectivity index (χ2v) is 7.68. The molecule has 0 aliphatic rings. The zero-order chi connectivity index (χ0) is 22.5. The lowest BCUT2D eigenvalue weighted by atomic mass is 10.2. The Hall–Kier alpha value is -4.00. The maximum absolute atomic E-state index is 14.5. The van der Waals surface area contributed by atoms with Gasteiger partial charge in [0.2, 0.25) is 0 Å². The van der Waals surface area contributed by atoms with Crippen LogP contribution < -0.4 is 10.1 Å². The Kier molecular flexibility index (Phi) is 6.26. The number of halogens is 1. The van der Waals surface area contributed by atoms with Crippen LogP contribution in [0.1, 0.15) is 24.2 Å². The molecule has 6 nitrogen and oxygen atoms in total. The number of nitrogens with zero attached hydrogens (tertiary/aromatic N) is 3. The normalized spacial score (nSPS) is 10.9. The maximum atomic E-state index is 14.5. The zero-order valence-electron chi connectivity index (χ0n) is 17.8. The van der Waals surface area contributed by atoms with E-state index in [-0.39, 0.29) is 11.9 Å². The first-order valence-electron chi connectivity index (χ1n) is 10.3. The standard InChI is InChI=1S/C25H23FN4O2/c1-17(2)16-32-25-28-23(21-10-6-7-11-22(21)26)30(29-25)20-14-12-19(13-15-20)27-24(31)18-8-4-3-5-9-18/h3-15,17H,16H2,1-2H3,(H,27,31). The van der Waals surface area contributed by atoms with Gasteiger partial charge in [0, 0.05) is 11.3 Å². The quantitative estimate of drug-likeness (QED) is 0.429. The summed E-state index contributed by atoms with van der Waals surface area (Å²) in [5.74, 6) is 0.0353. The summed E-state index contributed by atoms with van der Waals surface area (Å²) >= 11 is 0. The number of benzene rings is 3. The lowest BCUT2D eigenvalue weighted by Gasteiger charge is -2.09. The number of aromatic nitrogens is 3. The minimum Gasteiger partial charge on any atom is -0.462 e. The summed E-state index contributed by atoms with van der Waals surface area (Å²) in [5, 5.41) is 7.30. The van der Waals surface area contributed by atoms with Gasteiger partial charge in [-0.1, -0.05) is 44.2 Å². The molecule has 4 rings (SSSR count). The highest BCUT2D eigenvalue weighted by Gasteiger charge is 2.18. The number of nitrogens with one attached hydrogen (secondary N) is 1. The van der Waals surface area contributed by atoms with Crippen LogP contribution in [-0.4, -0.2) is 27.3 Å². The third kappa shape index (κ3) is 4.83. The van der Waals surface area contributed by atoms with Crippen LogP contribution in [0.5, 0.6) is 6.01 Å². The van der Waals surface area contributed by atoms with Crippen molar-refractivity contribution in [3.63, 3.8) is 0 Å². The largest absolute Gasteiger partial charge is 0.462 e. The number of carbonyl (C=O) groups excluding carboxylic acids is 1. The van der Waals surface area contributed by atoms with E-state index in [4.69, 9.17) is 4.74 Å². The number of hydrogen-bond acceptors (Lipinski definition) is 4. The molecular formula is C25H23FN4O2. The van der Waals surface area contributed by atoms with E-state index < -0.39 is 5.82 Å². The van der Waals surface area contributed by atoms with E-state index in [0.717, 1.165) is 0 Å². The van der Waals surface area contributed by atoms with Crippen molar-refractivity contribution in [2.24, 2.45) is 5.92 Å². The summed E-state index contributed by atoms with van der Waals surface area (Å²) in [5.41, 5.74) is 2.18. The van der Waals surface area contributed by atoms with Gasteiger partial charge < -0.3 is 10.1 Å². The first-order chi connectivity index (χ1) is 15.5. The second-order valence-electron chi connectivity index (χ2n) is 7.68. The van der Waals surface area contributed by atoms with E-state index in [0.29, 0.717) is 40.9 Å². The van der Waals surface area contributed by atoms with Crippen molar-refractivity contribution in [3.05, 3.63) is 90.2 Å². The molecule has 0 spiro atoms. The Balaban J connectivity index is 1.63. The minimum atomic E-state index is -0.400. The molecule has 162 valence electrons. The van der Waals surface area contributed by atoms with Gasteiger partial charge in [0.15, 0.2) is 5.82 Å². The molecule has 4 aromatic rings. The van der Waals surface area contributed by atoms with Gasteiger partial charge in [0.25, 0.3) is 5.91 Å². The molecule has 0 unspecified atom stereocenters. The summed E-state index contributed by atoms with van der Waals surface area (Å²) < 4.78 is 21.7. The Labute approximate surface area is 185 Å². The fraction of sp³-hybridized carbons (Fsp3) is 0.160. The summed E-state index contributed by atoms with van der Waals surface area (Å²) in [6, 6.07) is 22.6. The van der Waals surface area contributed by atoms with Gasteiger partial charge in [0.05, 0.1) is 17.9 Å². The number of amides is 1. The lowest BCUT2D eigenvalue weighted by molar-refractivity contribution is 0.102. The van der Waals surface area contributed by atoms with Crippen LogP contribution in [-0.2, 0) is 0 Å². The molecule has 3 aromatic carbocycles. The molecule has 0 bridgehead atoms. The summed E-state index contributed by atoms with van der Waals surface area (Å²) in [4.78, 5) is 16.8. The monoisotopic (exact) mass is 430 g/mol. The van der Waals surface area contributed by atoms with Crippen LogP contribution in [0.2, 0.25) is 0 Å². The highest BCUT2D eigenvalue weighted by atomic mass is 19.1. The molecule has 7 heteroatoms.